The van der Waals surface area contributed by atoms with Crippen LogP contribution in [-0.2, 0) is 0 Å². The van der Waals surface area contributed by atoms with Crippen molar-refractivity contribution in [3.63, 3.8) is 0 Å². The summed E-state index contributed by atoms with van der Waals surface area (Å²) >= 11 is 0. The lowest BCUT2D eigenvalue weighted by molar-refractivity contribution is -0.255. The number of rotatable bonds is 4. The number of carboxylic acid groups (broad SMARTS) is 1. The standard InChI is InChI=1S/C16H13N3O2/c20-16(21)11-5-7-13(8-6-11)19-18-10-12-9-17-15-4-2-1-3-14(12)15/h1-10,17,19H,(H,20,21)/p-1/b18-10+. The Morgan fingerprint density at radius 3 is 2.67 bits per heavy atom. The van der Waals surface area contributed by atoms with Gasteiger partial charge in [-0.2, -0.15) is 5.10 Å². The fraction of sp³-hybridized carbons (Fsp3) is 0. The third-order valence-corrected chi connectivity index (χ3v) is 3.14. The lowest BCUT2D eigenvalue weighted by atomic mass is 10.2. The van der Waals surface area contributed by atoms with E-state index in [2.05, 4.69) is 15.5 Å². The quantitative estimate of drug-likeness (QED) is 0.565. The van der Waals surface area contributed by atoms with Gasteiger partial charge in [0.05, 0.1) is 17.9 Å². The highest BCUT2D eigenvalue weighted by molar-refractivity contribution is 5.99. The Morgan fingerprint density at radius 2 is 1.90 bits per heavy atom. The van der Waals surface area contributed by atoms with Crippen molar-refractivity contribution >= 4 is 28.8 Å². The maximum Gasteiger partial charge on any atom is 0.0715 e. The van der Waals surface area contributed by atoms with E-state index >= 15 is 0 Å². The number of benzene rings is 2. The van der Waals surface area contributed by atoms with Gasteiger partial charge in [-0.25, -0.2) is 0 Å². The van der Waals surface area contributed by atoms with Gasteiger partial charge in [0.2, 0.25) is 0 Å². The number of carbonyl (C=O) groups excluding carboxylic acids is 1. The summed E-state index contributed by atoms with van der Waals surface area (Å²) in [5.74, 6) is -1.19. The molecule has 0 saturated carbocycles. The number of hydrogen-bond donors (Lipinski definition) is 2. The number of hydrogen-bond acceptors (Lipinski definition) is 4. The van der Waals surface area contributed by atoms with Crippen molar-refractivity contribution in [3.05, 3.63) is 65.9 Å². The Kier molecular flexibility index (Phi) is 3.39. The zero-order valence-electron chi connectivity index (χ0n) is 11.0. The topological polar surface area (TPSA) is 80.3 Å². The minimum Gasteiger partial charge on any atom is -0.545 e. The first-order valence-electron chi connectivity index (χ1n) is 6.40. The monoisotopic (exact) mass is 278 g/mol. The Balaban J connectivity index is 1.73. The molecular formula is C16H12N3O2-. The number of fused-ring (bicyclic) bond motifs is 1. The van der Waals surface area contributed by atoms with Crippen molar-refractivity contribution in [2.45, 2.75) is 0 Å². The Hall–Kier alpha value is -3.08. The predicted molar refractivity (Wildman–Crippen MR) is 80.3 cm³/mol. The molecule has 0 atom stereocenters. The van der Waals surface area contributed by atoms with E-state index in [0.717, 1.165) is 16.5 Å². The number of nitrogens with one attached hydrogen (secondary N) is 2. The second kappa shape index (κ2) is 5.50. The number of carbonyl (C=O) groups is 1. The Morgan fingerprint density at radius 1 is 1.14 bits per heavy atom. The van der Waals surface area contributed by atoms with Crippen LogP contribution < -0.4 is 10.5 Å². The van der Waals surface area contributed by atoms with Crippen LogP contribution in [0, 0.1) is 0 Å². The highest BCUT2D eigenvalue weighted by Crippen LogP contribution is 2.16. The largest absolute Gasteiger partial charge is 0.545 e. The van der Waals surface area contributed by atoms with E-state index in [4.69, 9.17) is 0 Å². The summed E-state index contributed by atoms with van der Waals surface area (Å²) in [7, 11) is 0. The normalized spacial score (nSPS) is 11.0. The molecule has 1 heterocycles. The number of anilines is 1. The van der Waals surface area contributed by atoms with Gasteiger partial charge in [-0.1, -0.05) is 30.3 Å². The van der Waals surface area contributed by atoms with E-state index in [0.29, 0.717) is 5.69 Å². The molecule has 0 amide bonds. The van der Waals surface area contributed by atoms with E-state index in [1.807, 2.05) is 30.5 Å². The van der Waals surface area contributed by atoms with Gasteiger partial charge in [0.15, 0.2) is 0 Å². The van der Waals surface area contributed by atoms with E-state index in [1.165, 1.54) is 12.1 Å². The van der Waals surface area contributed by atoms with Gasteiger partial charge in [0.1, 0.15) is 0 Å². The number of aromatic nitrogens is 1. The first-order chi connectivity index (χ1) is 10.2. The van der Waals surface area contributed by atoms with Gasteiger partial charge in [-0.05, 0) is 23.8 Å². The molecular weight excluding hydrogens is 266 g/mol. The molecule has 2 N–H and O–H groups in total. The minimum absolute atomic E-state index is 0.140. The van der Waals surface area contributed by atoms with E-state index in [1.54, 1.807) is 18.3 Å². The minimum atomic E-state index is -1.19. The molecule has 0 fully saturated rings. The molecule has 3 aromatic rings. The number of hydrazone groups is 1. The summed E-state index contributed by atoms with van der Waals surface area (Å²) in [5, 5.41) is 15.9. The number of aromatic amines is 1. The zero-order valence-corrected chi connectivity index (χ0v) is 11.0. The highest BCUT2D eigenvalue weighted by Gasteiger charge is 1.99. The summed E-state index contributed by atoms with van der Waals surface area (Å²) in [6, 6.07) is 14.2. The Labute approximate surface area is 120 Å². The molecule has 0 spiro atoms. The van der Waals surface area contributed by atoms with Gasteiger partial charge in [0.25, 0.3) is 0 Å². The number of nitrogens with zero attached hydrogens (tertiary/aromatic N) is 1. The van der Waals surface area contributed by atoms with Crippen molar-refractivity contribution in [2.75, 3.05) is 5.43 Å². The molecule has 0 saturated heterocycles. The molecule has 5 nitrogen and oxygen atoms in total. The molecule has 0 aliphatic heterocycles. The number of aromatic carboxylic acids is 1. The van der Waals surface area contributed by atoms with Crippen molar-refractivity contribution < 1.29 is 9.90 Å². The SMILES string of the molecule is O=C([O-])c1ccc(N/N=C/c2c[nH]c3ccccc23)cc1. The molecule has 3 rings (SSSR count). The van der Waals surface area contributed by atoms with Crippen molar-refractivity contribution in [2.24, 2.45) is 5.10 Å². The molecule has 0 unspecified atom stereocenters. The molecule has 0 aliphatic carbocycles. The first-order valence-corrected chi connectivity index (χ1v) is 6.40. The van der Waals surface area contributed by atoms with Crippen LogP contribution >= 0.6 is 0 Å². The molecule has 0 aliphatic rings. The van der Waals surface area contributed by atoms with Gasteiger partial charge in [0, 0.05) is 22.7 Å². The highest BCUT2D eigenvalue weighted by atomic mass is 16.4. The molecule has 2 aromatic carbocycles. The molecule has 104 valence electrons. The second-order valence-electron chi connectivity index (χ2n) is 4.52. The van der Waals surface area contributed by atoms with Crippen LogP contribution in [0.1, 0.15) is 15.9 Å². The smallest absolute Gasteiger partial charge is 0.0715 e. The maximum absolute atomic E-state index is 10.6. The summed E-state index contributed by atoms with van der Waals surface area (Å²) in [6.07, 6.45) is 3.60. The summed E-state index contributed by atoms with van der Waals surface area (Å²) in [5.41, 5.74) is 5.73. The number of para-hydroxylation sites is 1. The van der Waals surface area contributed by atoms with Crippen molar-refractivity contribution in [3.8, 4) is 0 Å². The molecule has 1 aromatic heterocycles. The van der Waals surface area contributed by atoms with E-state index in [9.17, 15) is 9.90 Å². The molecule has 0 radical (unpaired) electrons. The lowest BCUT2D eigenvalue weighted by Gasteiger charge is -2.03. The molecule has 21 heavy (non-hydrogen) atoms. The van der Waals surface area contributed by atoms with Crippen molar-refractivity contribution in [1.29, 1.82) is 0 Å². The van der Waals surface area contributed by atoms with E-state index < -0.39 is 5.97 Å². The van der Waals surface area contributed by atoms with Gasteiger partial charge >= 0.3 is 0 Å². The van der Waals surface area contributed by atoms with Crippen LogP contribution in [0.4, 0.5) is 5.69 Å². The predicted octanol–water partition coefficient (Wildman–Crippen LogP) is 1.98. The van der Waals surface area contributed by atoms with Crippen LogP contribution in [0.15, 0.2) is 59.8 Å². The average Bonchev–Trinajstić information content (AvgIpc) is 2.91. The third kappa shape index (κ3) is 2.76. The van der Waals surface area contributed by atoms with Crippen LogP contribution in [0.3, 0.4) is 0 Å². The van der Waals surface area contributed by atoms with Crippen molar-refractivity contribution in [1.82, 2.24) is 4.98 Å². The number of H-pyrrole nitrogens is 1. The van der Waals surface area contributed by atoms with Gasteiger partial charge in [-0.3, -0.25) is 5.43 Å². The Bertz CT molecular complexity index is 804. The first kappa shape index (κ1) is 12.9. The van der Waals surface area contributed by atoms with Crippen LogP contribution in [0.25, 0.3) is 10.9 Å². The fourth-order valence-corrected chi connectivity index (χ4v) is 2.06. The second-order valence-corrected chi connectivity index (χ2v) is 4.52. The molecule has 0 bridgehead atoms. The van der Waals surface area contributed by atoms with Gasteiger partial charge < -0.3 is 14.9 Å². The number of carboxylic acids is 1. The maximum atomic E-state index is 10.6. The fourth-order valence-electron chi connectivity index (χ4n) is 2.06. The molecule has 5 heteroatoms. The van der Waals surface area contributed by atoms with Gasteiger partial charge in [-0.15, -0.1) is 0 Å². The zero-order chi connectivity index (χ0) is 14.7. The lowest BCUT2D eigenvalue weighted by Crippen LogP contribution is -2.21. The summed E-state index contributed by atoms with van der Waals surface area (Å²) < 4.78 is 0. The summed E-state index contributed by atoms with van der Waals surface area (Å²) in [4.78, 5) is 13.8. The summed E-state index contributed by atoms with van der Waals surface area (Å²) in [6.45, 7) is 0. The average molecular weight is 278 g/mol. The van der Waals surface area contributed by atoms with Crippen LogP contribution in [0.5, 0.6) is 0 Å². The van der Waals surface area contributed by atoms with Crippen LogP contribution in [-0.4, -0.2) is 17.2 Å². The van der Waals surface area contributed by atoms with E-state index in [-0.39, 0.29) is 5.56 Å². The van der Waals surface area contributed by atoms with Crippen LogP contribution in [0.2, 0.25) is 0 Å². The third-order valence-electron chi connectivity index (χ3n) is 3.14.